The van der Waals surface area contributed by atoms with Crippen LogP contribution in [0.1, 0.15) is 5.56 Å². The van der Waals surface area contributed by atoms with Crippen molar-refractivity contribution in [2.45, 2.75) is 5.33 Å². The minimum atomic E-state index is 0.168. The molecule has 80 valence electrons. The molecule has 1 heterocycles. The number of aromatic nitrogens is 1. The molecule has 0 amide bonds. The van der Waals surface area contributed by atoms with Gasteiger partial charge in [-0.1, -0.05) is 22.0 Å². The van der Waals surface area contributed by atoms with Gasteiger partial charge in [-0.15, -0.1) is 0 Å². The van der Waals surface area contributed by atoms with Gasteiger partial charge in [0, 0.05) is 12.4 Å². The van der Waals surface area contributed by atoms with Crippen molar-refractivity contribution in [1.29, 1.82) is 0 Å². The number of alkyl halides is 1. The van der Waals surface area contributed by atoms with Crippen molar-refractivity contribution >= 4 is 26.9 Å². The highest BCUT2D eigenvalue weighted by atomic mass is 79.9. The molecule has 15 heavy (non-hydrogen) atoms. The summed E-state index contributed by atoms with van der Waals surface area (Å²) in [6.07, 6.45) is 0. The minimum Gasteiger partial charge on any atom is -0.448 e. The molecule has 0 saturated carbocycles. The molecule has 0 spiro atoms. The molecule has 0 aliphatic heterocycles. The van der Waals surface area contributed by atoms with E-state index in [4.69, 9.17) is 14.0 Å². The number of benzene rings is 1. The zero-order valence-corrected chi connectivity index (χ0v) is 9.78. The first-order valence-corrected chi connectivity index (χ1v) is 5.53. The van der Waals surface area contributed by atoms with Crippen LogP contribution in [-0.4, -0.2) is 19.1 Å². The van der Waals surface area contributed by atoms with Crippen molar-refractivity contribution in [3.63, 3.8) is 0 Å². The fourth-order valence-electron chi connectivity index (χ4n) is 1.26. The van der Waals surface area contributed by atoms with Crippen molar-refractivity contribution in [3.05, 3.63) is 23.8 Å². The molecule has 0 radical (unpaired) electrons. The topological polar surface area (TPSA) is 44.5 Å². The van der Waals surface area contributed by atoms with Gasteiger partial charge in [-0.25, -0.2) is 0 Å². The molecule has 0 unspecified atom stereocenters. The predicted octanol–water partition coefficient (Wildman–Crippen LogP) is 2.71. The van der Waals surface area contributed by atoms with Crippen LogP contribution >= 0.6 is 15.9 Å². The molecule has 4 nitrogen and oxygen atoms in total. The van der Waals surface area contributed by atoms with Gasteiger partial charge in [-0.2, -0.15) is 0 Å². The normalized spacial score (nSPS) is 10.8. The number of rotatable bonds is 4. The van der Waals surface area contributed by atoms with E-state index in [2.05, 4.69) is 21.1 Å². The molecule has 0 fully saturated rings. The van der Waals surface area contributed by atoms with Gasteiger partial charge >= 0.3 is 0 Å². The molecule has 2 aromatic rings. The van der Waals surface area contributed by atoms with Crippen LogP contribution in [0.5, 0.6) is 5.88 Å². The summed E-state index contributed by atoms with van der Waals surface area (Å²) in [7, 11) is 1.56. The summed E-state index contributed by atoms with van der Waals surface area (Å²) in [5, 5.41) is 5.46. The predicted molar refractivity (Wildman–Crippen MR) is 59.1 cm³/mol. The van der Waals surface area contributed by atoms with Gasteiger partial charge in [0.2, 0.25) is 0 Å². The largest absolute Gasteiger partial charge is 0.448 e. The maximum Gasteiger partial charge on any atom is 0.264 e. The van der Waals surface area contributed by atoms with Crippen LogP contribution in [0, 0.1) is 0 Å². The minimum absolute atomic E-state index is 0.168. The second kappa shape index (κ2) is 4.63. The summed E-state index contributed by atoms with van der Waals surface area (Å²) >= 11 is 3.38. The Kier molecular flexibility index (Phi) is 3.23. The van der Waals surface area contributed by atoms with Gasteiger partial charge in [-0.05, 0) is 22.9 Å². The maximum atomic E-state index is 5.24. The van der Waals surface area contributed by atoms with Crippen LogP contribution in [0.3, 0.4) is 0 Å². The first kappa shape index (κ1) is 10.4. The first-order chi connectivity index (χ1) is 7.35. The van der Waals surface area contributed by atoms with Crippen LogP contribution < -0.4 is 4.74 Å². The highest BCUT2D eigenvalue weighted by Gasteiger charge is 2.09. The molecule has 0 atom stereocenters. The molecular formula is C10H10BrNO3. The fourth-order valence-corrected chi connectivity index (χ4v) is 1.61. The Labute approximate surface area is 95.3 Å². The zero-order chi connectivity index (χ0) is 10.7. The second-order valence-corrected chi connectivity index (χ2v) is 3.56. The van der Waals surface area contributed by atoms with Crippen molar-refractivity contribution in [2.75, 3.05) is 13.9 Å². The number of methoxy groups -OCH3 is 1. The van der Waals surface area contributed by atoms with Crippen molar-refractivity contribution in [3.8, 4) is 5.88 Å². The van der Waals surface area contributed by atoms with Gasteiger partial charge in [0.1, 0.15) is 0 Å². The summed E-state index contributed by atoms with van der Waals surface area (Å²) in [5.74, 6) is 0.466. The Morgan fingerprint density at radius 2 is 2.33 bits per heavy atom. The van der Waals surface area contributed by atoms with Crippen LogP contribution in [-0.2, 0) is 10.1 Å². The Bertz CT molecular complexity index is 455. The molecule has 2 rings (SSSR count). The summed E-state index contributed by atoms with van der Waals surface area (Å²) in [4.78, 5) is 0. The van der Waals surface area contributed by atoms with E-state index >= 15 is 0 Å². The molecule has 0 saturated heterocycles. The van der Waals surface area contributed by atoms with Gasteiger partial charge in [-0.3, -0.25) is 0 Å². The van der Waals surface area contributed by atoms with Crippen molar-refractivity contribution in [1.82, 2.24) is 5.16 Å². The number of ether oxygens (including phenoxy) is 2. The van der Waals surface area contributed by atoms with E-state index in [-0.39, 0.29) is 6.79 Å². The van der Waals surface area contributed by atoms with Crippen molar-refractivity contribution < 1.29 is 14.0 Å². The number of hydrogen-bond acceptors (Lipinski definition) is 4. The van der Waals surface area contributed by atoms with E-state index in [1.165, 1.54) is 0 Å². The lowest BCUT2D eigenvalue weighted by atomic mass is 10.2. The smallest absolute Gasteiger partial charge is 0.264 e. The van der Waals surface area contributed by atoms with Crippen molar-refractivity contribution in [2.24, 2.45) is 0 Å². The maximum absolute atomic E-state index is 5.24. The number of halogens is 1. The molecule has 1 aromatic carbocycles. The zero-order valence-electron chi connectivity index (χ0n) is 8.20. The molecule has 0 aliphatic rings. The summed E-state index contributed by atoms with van der Waals surface area (Å²) < 4.78 is 15.2. The van der Waals surface area contributed by atoms with E-state index in [1.54, 1.807) is 7.11 Å². The third kappa shape index (κ3) is 2.13. The summed E-state index contributed by atoms with van der Waals surface area (Å²) in [6, 6.07) is 5.85. The average molecular weight is 272 g/mol. The van der Waals surface area contributed by atoms with E-state index in [1.807, 2.05) is 18.2 Å². The molecule has 5 heteroatoms. The van der Waals surface area contributed by atoms with E-state index in [0.717, 1.165) is 21.9 Å². The molecule has 0 N–H and O–H groups in total. The standard InChI is InChI=1S/C10H10BrNO3/c1-13-6-14-10-8-3-2-7(5-11)4-9(8)15-12-10/h2-4H,5-6H2,1H3. The van der Waals surface area contributed by atoms with Gasteiger partial charge in [0.25, 0.3) is 5.88 Å². The number of fused-ring (bicyclic) bond motifs is 1. The lowest BCUT2D eigenvalue weighted by Crippen LogP contribution is -1.98. The Morgan fingerprint density at radius 1 is 1.47 bits per heavy atom. The van der Waals surface area contributed by atoms with Gasteiger partial charge < -0.3 is 14.0 Å². The molecule has 0 bridgehead atoms. The third-order valence-corrected chi connectivity index (χ3v) is 2.62. The van der Waals surface area contributed by atoms with Crippen LogP contribution in [0.15, 0.2) is 22.7 Å². The second-order valence-electron chi connectivity index (χ2n) is 3.00. The van der Waals surface area contributed by atoms with Crippen LogP contribution in [0.2, 0.25) is 0 Å². The van der Waals surface area contributed by atoms with E-state index in [0.29, 0.717) is 5.88 Å². The Balaban J connectivity index is 2.34. The summed E-state index contributed by atoms with van der Waals surface area (Å²) in [5.41, 5.74) is 1.86. The highest BCUT2D eigenvalue weighted by molar-refractivity contribution is 9.08. The van der Waals surface area contributed by atoms with E-state index in [9.17, 15) is 0 Å². The van der Waals surface area contributed by atoms with E-state index < -0.39 is 0 Å². The Morgan fingerprint density at radius 3 is 3.07 bits per heavy atom. The lowest BCUT2D eigenvalue weighted by Gasteiger charge is -1.99. The molecule has 0 aliphatic carbocycles. The summed E-state index contributed by atoms with van der Waals surface area (Å²) in [6.45, 7) is 0.168. The highest BCUT2D eigenvalue weighted by Crippen LogP contribution is 2.26. The number of hydrogen-bond donors (Lipinski definition) is 0. The van der Waals surface area contributed by atoms with Crippen LogP contribution in [0.4, 0.5) is 0 Å². The lowest BCUT2D eigenvalue weighted by molar-refractivity contribution is 0.0463. The van der Waals surface area contributed by atoms with Crippen LogP contribution in [0.25, 0.3) is 11.0 Å². The average Bonchev–Trinajstić information content (AvgIpc) is 2.68. The third-order valence-electron chi connectivity index (χ3n) is 1.97. The SMILES string of the molecule is COCOc1noc2cc(CBr)ccc12. The molecular weight excluding hydrogens is 262 g/mol. The Hall–Kier alpha value is -1.07. The molecule has 1 aromatic heterocycles. The van der Waals surface area contributed by atoms with Gasteiger partial charge in [0.15, 0.2) is 12.4 Å². The monoisotopic (exact) mass is 271 g/mol. The first-order valence-electron chi connectivity index (χ1n) is 4.41. The van der Waals surface area contributed by atoms with Gasteiger partial charge in [0.05, 0.1) is 5.39 Å². The quantitative estimate of drug-likeness (QED) is 0.634. The number of nitrogens with zero attached hydrogens (tertiary/aromatic N) is 1. The fraction of sp³-hybridized carbons (Fsp3) is 0.300.